The molecule has 0 amide bonds. The summed E-state index contributed by atoms with van der Waals surface area (Å²) in [6.07, 6.45) is 1.08. The first-order valence-electron chi connectivity index (χ1n) is 6.13. The van der Waals surface area contributed by atoms with Gasteiger partial charge in [0.15, 0.2) is 0 Å². The molecule has 1 unspecified atom stereocenters. The summed E-state index contributed by atoms with van der Waals surface area (Å²) in [6, 6.07) is 8.67. The van der Waals surface area contributed by atoms with Crippen molar-refractivity contribution in [3.8, 4) is 0 Å². The molecule has 2 rings (SSSR count). The lowest BCUT2D eigenvalue weighted by molar-refractivity contribution is 0.879. The Morgan fingerprint density at radius 1 is 1.22 bits per heavy atom. The smallest absolute Gasteiger partial charge is 0.0648 e. The largest absolute Gasteiger partial charge is 0.320 e. The molecule has 0 bridgehead atoms. The van der Waals surface area contributed by atoms with Crippen molar-refractivity contribution in [1.29, 1.82) is 0 Å². The summed E-state index contributed by atoms with van der Waals surface area (Å²) in [5.74, 6) is 0. The minimum Gasteiger partial charge on any atom is -0.320 e. The number of thiophene rings is 1. The normalized spacial score (nSPS) is 12.7. The van der Waals surface area contributed by atoms with E-state index in [0.717, 1.165) is 10.9 Å². The Hall–Kier alpha value is -0.640. The Bertz CT molecular complexity index is 560. The van der Waals surface area contributed by atoms with E-state index in [9.17, 15) is 0 Å². The molecular formula is C15H18BrNS. The first-order chi connectivity index (χ1) is 8.52. The number of rotatable bonds is 3. The summed E-state index contributed by atoms with van der Waals surface area (Å²) in [5.41, 5.74) is 10.1. The van der Waals surface area contributed by atoms with Crippen molar-refractivity contribution in [2.24, 2.45) is 5.73 Å². The third kappa shape index (κ3) is 2.68. The molecule has 0 spiro atoms. The van der Waals surface area contributed by atoms with Crippen LogP contribution in [0.4, 0.5) is 0 Å². The highest BCUT2D eigenvalue weighted by Crippen LogP contribution is 2.31. The minimum atomic E-state index is -0.0119. The Balaban J connectivity index is 2.39. The fraction of sp³-hybridized carbons (Fsp3) is 0.333. The first kappa shape index (κ1) is 13.8. The van der Waals surface area contributed by atoms with Crippen LogP contribution in [0.5, 0.6) is 0 Å². The summed E-state index contributed by atoms with van der Waals surface area (Å²) >= 11 is 5.38. The fourth-order valence-electron chi connectivity index (χ4n) is 2.04. The molecule has 0 radical (unpaired) electrons. The van der Waals surface area contributed by atoms with Gasteiger partial charge in [-0.15, -0.1) is 11.3 Å². The molecule has 0 fully saturated rings. The summed E-state index contributed by atoms with van der Waals surface area (Å²) in [7, 11) is 0. The second-order valence-corrected chi connectivity index (χ2v) is 6.65. The molecule has 96 valence electrons. The number of hydrogen-bond donors (Lipinski definition) is 1. The lowest BCUT2D eigenvalue weighted by Gasteiger charge is -2.15. The zero-order valence-electron chi connectivity index (χ0n) is 11.0. The highest BCUT2D eigenvalue weighted by Gasteiger charge is 2.14. The second-order valence-electron chi connectivity index (χ2n) is 4.59. The second kappa shape index (κ2) is 5.55. The van der Waals surface area contributed by atoms with Crippen LogP contribution in [-0.2, 0) is 6.42 Å². The van der Waals surface area contributed by atoms with Crippen LogP contribution in [0.15, 0.2) is 28.7 Å². The quantitative estimate of drug-likeness (QED) is 0.867. The van der Waals surface area contributed by atoms with Gasteiger partial charge in [-0.1, -0.05) is 28.9 Å². The van der Waals surface area contributed by atoms with Crippen molar-refractivity contribution in [2.75, 3.05) is 0 Å². The van der Waals surface area contributed by atoms with Crippen LogP contribution >= 0.6 is 27.3 Å². The average molecular weight is 324 g/mol. The maximum atomic E-state index is 6.40. The molecule has 1 aromatic heterocycles. The van der Waals surface area contributed by atoms with E-state index < -0.39 is 0 Å². The molecule has 0 aliphatic rings. The van der Waals surface area contributed by atoms with Crippen LogP contribution in [0.25, 0.3) is 0 Å². The number of nitrogens with two attached hydrogens (primary N) is 1. The number of hydrogen-bond acceptors (Lipinski definition) is 2. The van der Waals surface area contributed by atoms with Gasteiger partial charge in [0.25, 0.3) is 0 Å². The van der Waals surface area contributed by atoms with Crippen LogP contribution < -0.4 is 5.73 Å². The summed E-state index contributed by atoms with van der Waals surface area (Å²) in [4.78, 5) is 2.64. The molecule has 1 heterocycles. The van der Waals surface area contributed by atoms with Crippen molar-refractivity contribution in [1.82, 2.24) is 0 Å². The predicted molar refractivity (Wildman–Crippen MR) is 83.3 cm³/mol. The molecule has 2 aromatic rings. The van der Waals surface area contributed by atoms with Gasteiger partial charge < -0.3 is 5.73 Å². The van der Waals surface area contributed by atoms with Crippen LogP contribution in [0.1, 0.15) is 39.4 Å². The van der Waals surface area contributed by atoms with Gasteiger partial charge >= 0.3 is 0 Å². The molecule has 0 aliphatic carbocycles. The van der Waals surface area contributed by atoms with Crippen LogP contribution in [0.2, 0.25) is 0 Å². The van der Waals surface area contributed by atoms with Crippen molar-refractivity contribution < 1.29 is 0 Å². The molecular weight excluding hydrogens is 306 g/mol. The maximum absolute atomic E-state index is 6.40. The topological polar surface area (TPSA) is 26.0 Å². The third-order valence-electron chi connectivity index (χ3n) is 3.22. The Kier molecular flexibility index (Phi) is 4.25. The molecule has 1 atom stereocenters. The Morgan fingerprint density at radius 2 is 1.94 bits per heavy atom. The summed E-state index contributed by atoms with van der Waals surface area (Å²) in [6.45, 7) is 6.40. The van der Waals surface area contributed by atoms with Crippen molar-refractivity contribution in [3.63, 3.8) is 0 Å². The van der Waals surface area contributed by atoms with Crippen molar-refractivity contribution in [3.05, 3.63) is 55.2 Å². The highest BCUT2D eigenvalue weighted by atomic mass is 79.9. The van der Waals surface area contributed by atoms with E-state index in [-0.39, 0.29) is 6.04 Å². The molecule has 0 aliphatic heterocycles. The van der Waals surface area contributed by atoms with Crippen LogP contribution in [0, 0.1) is 13.8 Å². The highest BCUT2D eigenvalue weighted by molar-refractivity contribution is 9.10. The van der Waals surface area contributed by atoms with Gasteiger partial charge in [-0.3, -0.25) is 0 Å². The Labute approximate surface area is 121 Å². The van der Waals surface area contributed by atoms with E-state index in [1.165, 1.54) is 26.4 Å². The predicted octanol–water partition coefficient (Wildman–Crippen LogP) is 4.74. The van der Waals surface area contributed by atoms with Crippen LogP contribution in [-0.4, -0.2) is 0 Å². The lowest BCUT2D eigenvalue weighted by atomic mass is 9.98. The molecule has 18 heavy (non-hydrogen) atoms. The molecule has 2 N–H and O–H groups in total. The zero-order chi connectivity index (χ0) is 13.3. The SMILES string of the molecule is CCc1ccc(C(N)c2cc(C)c(Br)cc2C)s1. The molecule has 1 nitrogen and oxygen atoms in total. The van der Waals surface area contributed by atoms with E-state index in [1.807, 2.05) is 11.3 Å². The van der Waals surface area contributed by atoms with Gasteiger partial charge in [-0.2, -0.15) is 0 Å². The fourth-order valence-corrected chi connectivity index (χ4v) is 3.47. The molecule has 3 heteroatoms. The van der Waals surface area contributed by atoms with E-state index in [4.69, 9.17) is 5.73 Å². The average Bonchev–Trinajstić information content (AvgIpc) is 2.81. The number of benzene rings is 1. The number of halogens is 1. The molecule has 0 saturated carbocycles. The van der Waals surface area contributed by atoms with Gasteiger partial charge in [-0.05, 0) is 55.2 Å². The summed E-state index contributed by atoms with van der Waals surface area (Å²) in [5, 5.41) is 0. The van der Waals surface area contributed by atoms with Crippen LogP contribution in [0.3, 0.4) is 0 Å². The van der Waals surface area contributed by atoms with Gasteiger partial charge in [-0.25, -0.2) is 0 Å². The van der Waals surface area contributed by atoms with Crippen molar-refractivity contribution >= 4 is 27.3 Å². The van der Waals surface area contributed by atoms with Gasteiger partial charge in [0.1, 0.15) is 0 Å². The minimum absolute atomic E-state index is 0.0119. The van der Waals surface area contributed by atoms with Crippen molar-refractivity contribution in [2.45, 2.75) is 33.2 Å². The monoisotopic (exact) mass is 323 g/mol. The molecule has 0 saturated heterocycles. The standard InChI is InChI=1S/C15H18BrNS/c1-4-11-5-6-14(18-11)15(17)12-7-10(3)13(16)8-9(12)2/h5-8,15H,4,17H2,1-3H3. The van der Waals surface area contributed by atoms with E-state index in [0.29, 0.717) is 0 Å². The lowest BCUT2D eigenvalue weighted by Crippen LogP contribution is -2.12. The van der Waals surface area contributed by atoms with Gasteiger partial charge in [0.2, 0.25) is 0 Å². The van der Waals surface area contributed by atoms with Gasteiger partial charge in [0, 0.05) is 14.2 Å². The Morgan fingerprint density at radius 3 is 2.56 bits per heavy atom. The maximum Gasteiger partial charge on any atom is 0.0648 e. The zero-order valence-corrected chi connectivity index (χ0v) is 13.4. The van der Waals surface area contributed by atoms with E-state index >= 15 is 0 Å². The van der Waals surface area contributed by atoms with E-state index in [2.05, 4.69) is 61.0 Å². The van der Waals surface area contributed by atoms with E-state index in [1.54, 1.807) is 0 Å². The first-order valence-corrected chi connectivity index (χ1v) is 7.74. The molecule has 1 aromatic carbocycles. The number of aryl methyl sites for hydroxylation is 3. The van der Waals surface area contributed by atoms with Gasteiger partial charge in [0.05, 0.1) is 6.04 Å². The summed E-state index contributed by atoms with van der Waals surface area (Å²) < 4.78 is 1.15. The third-order valence-corrected chi connectivity index (χ3v) is 5.39.